The summed E-state index contributed by atoms with van der Waals surface area (Å²) in [5.74, 6) is 1.10. The number of aliphatic imine (C=N–C) groups is 1. The molecule has 1 aliphatic rings. The number of hydrogen-bond donors (Lipinski definition) is 1. The minimum absolute atomic E-state index is 0.428. The maximum atomic E-state index is 10.4. The van der Waals surface area contributed by atoms with E-state index in [1.54, 1.807) is 0 Å². The fourth-order valence-corrected chi connectivity index (χ4v) is 3.23. The average Bonchev–Trinajstić information content (AvgIpc) is 2.47. The van der Waals surface area contributed by atoms with Crippen molar-refractivity contribution in [3.8, 4) is 5.75 Å². The Labute approximate surface area is 129 Å². The molecule has 1 aromatic carbocycles. The summed E-state index contributed by atoms with van der Waals surface area (Å²) in [5, 5.41) is 10.4. The fraction of sp³-hybridized carbons (Fsp3) is 0.632. The lowest BCUT2D eigenvalue weighted by Crippen LogP contribution is -2.20. The van der Waals surface area contributed by atoms with Gasteiger partial charge in [-0.2, -0.15) is 0 Å². The lowest BCUT2D eigenvalue weighted by Gasteiger charge is -2.25. The van der Waals surface area contributed by atoms with Crippen LogP contribution in [0.15, 0.2) is 17.1 Å². The molecule has 0 saturated heterocycles. The third-order valence-electron chi connectivity index (χ3n) is 4.63. The van der Waals surface area contributed by atoms with Crippen molar-refractivity contribution < 1.29 is 5.11 Å². The molecule has 2 heteroatoms. The summed E-state index contributed by atoms with van der Waals surface area (Å²) in [7, 11) is 0. The molecular formula is C19H29NO. The van der Waals surface area contributed by atoms with Crippen LogP contribution < -0.4 is 0 Å². The molecule has 1 fully saturated rings. The molecule has 1 saturated carbocycles. The summed E-state index contributed by atoms with van der Waals surface area (Å²) in [6.07, 6.45) is 10.2. The first-order chi connectivity index (χ1) is 10.1. The molecule has 21 heavy (non-hydrogen) atoms. The van der Waals surface area contributed by atoms with E-state index in [-0.39, 0.29) is 0 Å². The number of unbranched alkanes of at least 4 members (excludes halogenated alkanes) is 1. The quantitative estimate of drug-likeness (QED) is 0.756. The third-order valence-corrected chi connectivity index (χ3v) is 4.63. The van der Waals surface area contributed by atoms with Crippen LogP contribution in [0, 0.1) is 12.8 Å². The molecule has 0 heterocycles. The number of rotatable bonds is 5. The maximum absolute atomic E-state index is 10.4. The van der Waals surface area contributed by atoms with Crippen LogP contribution >= 0.6 is 0 Å². The van der Waals surface area contributed by atoms with Gasteiger partial charge in [-0.3, -0.25) is 4.99 Å². The summed E-state index contributed by atoms with van der Waals surface area (Å²) in [6.45, 7) is 6.57. The Kier molecular flexibility index (Phi) is 5.84. The van der Waals surface area contributed by atoms with Crippen molar-refractivity contribution in [2.24, 2.45) is 10.9 Å². The largest absolute Gasteiger partial charge is 0.507 e. The Balaban J connectivity index is 2.16. The number of phenolic OH excluding ortho intramolecular Hbond substituents is 1. The van der Waals surface area contributed by atoms with E-state index in [1.807, 2.05) is 12.3 Å². The number of phenols is 1. The molecular weight excluding hydrogens is 258 g/mol. The van der Waals surface area contributed by atoms with Crippen molar-refractivity contribution in [2.45, 2.75) is 71.8 Å². The molecule has 2 rings (SSSR count). The summed E-state index contributed by atoms with van der Waals surface area (Å²) in [4.78, 5) is 4.77. The molecule has 116 valence electrons. The van der Waals surface area contributed by atoms with Crippen molar-refractivity contribution >= 4 is 6.21 Å². The Morgan fingerprint density at radius 2 is 2.05 bits per heavy atom. The van der Waals surface area contributed by atoms with Gasteiger partial charge in [-0.15, -0.1) is 0 Å². The first kappa shape index (κ1) is 16.1. The van der Waals surface area contributed by atoms with E-state index in [0.29, 0.717) is 17.7 Å². The molecule has 2 nitrogen and oxygen atoms in total. The van der Waals surface area contributed by atoms with Gasteiger partial charge in [0.05, 0.1) is 6.04 Å². The molecule has 0 aromatic heterocycles. The predicted octanol–water partition coefficient (Wildman–Crippen LogP) is 5.04. The number of hydrogen-bond acceptors (Lipinski definition) is 2. The van der Waals surface area contributed by atoms with E-state index in [9.17, 15) is 5.11 Å². The van der Waals surface area contributed by atoms with Gasteiger partial charge < -0.3 is 5.11 Å². The van der Waals surface area contributed by atoms with Crippen molar-refractivity contribution in [2.75, 3.05) is 0 Å². The van der Waals surface area contributed by atoms with E-state index in [4.69, 9.17) is 4.99 Å². The Hall–Kier alpha value is -1.31. The van der Waals surface area contributed by atoms with Gasteiger partial charge in [0.2, 0.25) is 0 Å². The van der Waals surface area contributed by atoms with Crippen molar-refractivity contribution in [3.63, 3.8) is 0 Å². The van der Waals surface area contributed by atoms with Crippen LogP contribution in [-0.4, -0.2) is 17.4 Å². The maximum Gasteiger partial charge on any atom is 0.127 e. The number of benzene rings is 1. The molecule has 0 amide bonds. The number of aromatic hydroxyl groups is 1. The predicted molar refractivity (Wildman–Crippen MR) is 90.5 cm³/mol. The molecule has 2 unspecified atom stereocenters. The molecule has 1 aromatic rings. The Morgan fingerprint density at radius 3 is 2.76 bits per heavy atom. The van der Waals surface area contributed by atoms with Crippen LogP contribution in [0.1, 0.15) is 69.1 Å². The Bertz CT molecular complexity index is 493. The molecule has 0 spiro atoms. The molecule has 0 aliphatic heterocycles. The van der Waals surface area contributed by atoms with E-state index < -0.39 is 0 Å². The van der Waals surface area contributed by atoms with Crippen LogP contribution in [-0.2, 0) is 6.42 Å². The van der Waals surface area contributed by atoms with Crippen LogP contribution in [0.5, 0.6) is 5.75 Å². The zero-order valence-corrected chi connectivity index (χ0v) is 13.7. The van der Waals surface area contributed by atoms with E-state index in [2.05, 4.69) is 26.8 Å². The highest BCUT2D eigenvalue weighted by Gasteiger charge is 2.19. The SMILES string of the molecule is CCCCc1cc(C)cc(C=NC2CCCCC2C)c1O. The number of nitrogens with zero attached hydrogens (tertiary/aromatic N) is 1. The second-order valence-corrected chi connectivity index (χ2v) is 6.57. The lowest BCUT2D eigenvalue weighted by atomic mass is 9.86. The van der Waals surface area contributed by atoms with Gasteiger partial charge in [0.15, 0.2) is 0 Å². The first-order valence-corrected chi connectivity index (χ1v) is 8.47. The van der Waals surface area contributed by atoms with Crippen molar-refractivity contribution in [1.29, 1.82) is 0 Å². The monoisotopic (exact) mass is 287 g/mol. The van der Waals surface area contributed by atoms with E-state index in [1.165, 1.54) is 31.2 Å². The molecule has 2 atom stereocenters. The molecule has 0 radical (unpaired) electrons. The summed E-state index contributed by atoms with van der Waals surface area (Å²) < 4.78 is 0. The normalized spacial score (nSPS) is 22.8. The smallest absolute Gasteiger partial charge is 0.127 e. The lowest BCUT2D eigenvalue weighted by molar-refractivity contribution is 0.333. The highest BCUT2D eigenvalue weighted by molar-refractivity contribution is 5.84. The van der Waals surface area contributed by atoms with Gasteiger partial charge in [-0.05, 0) is 55.7 Å². The molecule has 1 aliphatic carbocycles. The van der Waals surface area contributed by atoms with Crippen molar-refractivity contribution in [3.05, 3.63) is 28.8 Å². The average molecular weight is 287 g/mol. The summed E-state index contributed by atoms with van der Waals surface area (Å²) in [6, 6.07) is 4.57. The third kappa shape index (κ3) is 4.33. The second kappa shape index (κ2) is 7.63. The van der Waals surface area contributed by atoms with Gasteiger partial charge in [0.1, 0.15) is 5.75 Å². The standard InChI is InChI=1S/C19H29NO/c1-4-5-9-16-11-14(2)12-17(19(16)21)13-20-18-10-7-6-8-15(18)3/h11-13,15,18,21H,4-10H2,1-3H3. The van der Waals surface area contributed by atoms with Gasteiger partial charge in [0, 0.05) is 11.8 Å². The van der Waals surface area contributed by atoms with Crippen LogP contribution in [0.25, 0.3) is 0 Å². The minimum Gasteiger partial charge on any atom is -0.507 e. The van der Waals surface area contributed by atoms with Crippen LogP contribution in [0.2, 0.25) is 0 Å². The number of aryl methyl sites for hydroxylation is 2. The molecule has 0 bridgehead atoms. The van der Waals surface area contributed by atoms with Crippen LogP contribution in [0.3, 0.4) is 0 Å². The van der Waals surface area contributed by atoms with Gasteiger partial charge in [0.25, 0.3) is 0 Å². The Morgan fingerprint density at radius 1 is 1.29 bits per heavy atom. The summed E-state index contributed by atoms with van der Waals surface area (Å²) in [5.41, 5.74) is 3.16. The van der Waals surface area contributed by atoms with Gasteiger partial charge >= 0.3 is 0 Å². The van der Waals surface area contributed by atoms with Gasteiger partial charge in [-0.1, -0.05) is 39.2 Å². The van der Waals surface area contributed by atoms with Crippen molar-refractivity contribution in [1.82, 2.24) is 0 Å². The van der Waals surface area contributed by atoms with Gasteiger partial charge in [-0.25, -0.2) is 0 Å². The first-order valence-electron chi connectivity index (χ1n) is 8.47. The highest BCUT2D eigenvalue weighted by Crippen LogP contribution is 2.28. The van der Waals surface area contributed by atoms with Crippen LogP contribution in [0.4, 0.5) is 0 Å². The second-order valence-electron chi connectivity index (χ2n) is 6.57. The van der Waals surface area contributed by atoms with E-state index in [0.717, 1.165) is 30.4 Å². The fourth-order valence-electron chi connectivity index (χ4n) is 3.23. The summed E-state index contributed by atoms with van der Waals surface area (Å²) >= 11 is 0. The zero-order chi connectivity index (χ0) is 15.2. The zero-order valence-electron chi connectivity index (χ0n) is 13.7. The minimum atomic E-state index is 0.428. The van der Waals surface area contributed by atoms with E-state index >= 15 is 0 Å². The topological polar surface area (TPSA) is 32.6 Å². The molecule has 1 N–H and O–H groups in total. The highest BCUT2D eigenvalue weighted by atomic mass is 16.3.